The van der Waals surface area contributed by atoms with Crippen LogP contribution in [0, 0.1) is 11.6 Å². The van der Waals surface area contributed by atoms with Crippen LogP contribution in [0.25, 0.3) is 0 Å². The van der Waals surface area contributed by atoms with E-state index in [2.05, 4.69) is 9.97 Å². The van der Waals surface area contributed by atoms with E-state index in [0.717, 1.165) is 6.20 Å². The SMILES string of the molecule is Nc1ncc(F)c(Oc2ccc(F)cc2)n1. The molecule has 0 bridgehead atoms. The minimum Gasteiger partial charge on any atom is -0.436 e. The predicted molar refractivity (Wildman–Crippen MR) is 52.9 cm³/mol. The Bertz CT molecular complexity index is 502. The monoisotopic (exact) mass is 223 g/mol. The van der Waals surface area contributed by atoms with E-state index in [0.29, 0.717) is 0 Å². The number of hydrogen-bond acceptors (Lipinski definition) is 4. The van der Waals surface area contributed by atoms with Crippen LogP contribution in [0.2, 0.25) is 0 Å². The number of benzene rings is 1. The molecule has 0 amide bonds. The second kappa shape index (κ2) is 4.09. The third-order valence-electron chi connectivity index (χ3n) is 1.76. The fourth-order valence-electron chi connectivity index (χ4n) is 1.05. The highest BCUT2D eigenvalue weighted by Crippen LogP contribution is 2.22. The molecule has 0 spiro atoms. The molecular weight excluding hydrogens is 216 g/mol. The molecule has 0 atom stereocenters. The molecule has 0 aliphatic carbocycles. The molecule has 0 aliphatic heterocycles. The lowest BCUT2D eigenvalue weighted by Crippen LogP contribution is -1.99. The highest BCUT2D eigenvalue weighted by molar-refractivity contribution is 5.29. The Hall–Kier alpha value is -2.24. The Morgan fingerprint density at radius 1 is 1.12 bits per heavy atom. The van der Waals surface area contributed by atoms with Crippen LogP contribution < -0.4 is 10.5 Å². The summed E-state index contributed by atoms with van der Waals surface area (Å²) in [6, 6.07) is 5.09. The Morgan fingerprint density at radius 2 is 1.81 bits per heavy atom. The molecule has 0 unspecified atom stereocenters. The molecule has 0 fully saturated rings. The van der Waals surface area contributed by atoms with E-state index in [-0.39, 0.29) is 17.6 Å². The molecule has 0 radical (unpaired) electrons. The first kappa shape index (κ1) is 10.3. The number of ether oxygens (including phenoxy) is 1. The molecule has 1 aromatic heterocycles. The molecule has 0 saturated heterocycles. The number of hydrogen-bond donors (Lipinski definition) is 1. The van der Waals surface area contributed by atoms with Crippen molar-refractivity contribution in [3.8, 4) is 11.6 Å². The van der Waals surface area contributed by atoms with Crippen molar-refractivity contribution in [3.63, 3.8) is 0 Å². The number of aromatic nitrogens is 2. The van der Waals surface area contributed by atoms with Gasteiger partial charge in [-0.3, -0.25) is 0 Å². The molecule has 2 rings (SSSR count). The zero-order valence-corrected chi connectivity index (χ0v) is 8.02. The summed E-state index contributed by atoms with van der Waals surface area (Å²) in [6.07, 6.45) is 0.904. The maximum absolute atomic E-state index is 13.2. The summed E-state index contributed by atoms with van der Waals surface area (Å²) in [5.41, 5.74) is 5.28. The van der Waals surface area contributed by atoms with Crippen molar-refractivity contribution in [1.29, 1.82) is 0 Å². The molecule has 2 N–H and O–H groups in total. The zero-order chi connectivity index (χ0) is 11.5. The van der Waals surface area contributed by atoms with Gasteiger partial charge in [-0.15, -0.1) is 0 Å². The van der Waals surface area contributed by atoms with Gasteiger partial charge >= 0.3 is 0 Å². The fraction of sp³-hybridized carbons (Fsp3) is 0. The number of rotatable bonds is 2. The summed E-state index contributed by atoms with van der Waals surface area (Å²) in [5, 5.41) is 0. The van der Waals surface area contributed by atoms with Gasteiger partial charge in [0.25, 0.3) is 5.88 Å². The number of nitrogens with two attached hydrogens (primary N) is 1. The Labute approximate surface area is 89.7 Å². The molecule has 1 heterocycles. The summed E-state index contributed by atoms with van der Waals surface area (Å²) >= 11 is 0. The number of anilines is 1. The lowest BCUT2D eigenvalue weighted by atomic mass is 10.3. The largest absolute Gasteiger partial charge is 0.436 e. The van der Waals surface area contributed by atoms with E-state index in [1.807, 2.05) is 0 Å². The smallest absolute Gasteiger partial charge is 0.260 e. The average Bonchev–Trinajstić information content (AvgIpc) is 2.27. The van der Waals surface area contributed by atoms with Crippen LogP contribution in [-0.4, -0.2) is 9.97 Å². The van der Waals surface area contributed by atoms with E-state index in [9.17, 15) is 8.78 Å². The molecule has 4 nitrogen and oxygen atoms in total. The van der Waals surface area contributed by atoms with Crippen molar-refractivity contribution in [3.05, 3.63) is 42.1 Å². The highest BCUT2D eigenvalue weighted by Gasteiger charge is 2.07. The Morgan fingerprint density at radius 3 is 2.50 bits per heavy atom. The van der Waals surface area contributed by atoms with Gasteiger partial charge in [0, 0.05) is 0 Å². The van der Waals surface area contributed by atoms with Crippen molar-refractivity contribution in [2.45, 2.75) is 0 Å². The van der Waals surface area contributed by atoms with E-state index in [1.165, 1.54) is 24.3 Å². The van der Waals surface area contributed by atoms with Crippen LogP contribution in [0.5, 0.6) is 11.6 Å². The minimum atomic E-state index is -0.737. The van der Waals surface area contributed by atoms with Crippen molar-refractivity contribution < 1.29 is 13.5 Å². The number of halogens is 2. The van der Waals surface area contributed by atoms with Gasteiger partial charge < -0.3 is 10.5 Å². The van der Waals surface area contributed by atoms with Crippen molar-refractivity contribution in [1.82, 2.24) is 9.97 Å². The van der Waals surface area contributed by atoms with Gasteiger partial charge in [0.1, 0.15) is 11.6 Å². The van der Waals surface area contributed by atoms with Gasteiger partial charge in [0.15, 0.2) is 0 Å². The van der Waals surface area contributed by atoms with Gasteiger partial charge in [-0.05, 0) is 24.3 Å². The van der Waals surface area contributed by atoms with E-state index < -0.39 is 11.6 Å². The Balaban J connectivity index is 2.26. The van der Waals surface area contributed by atoms with Crippen LogP contribution in [0.1, 0.15) is 0 Å². The van der Waals surface area contributed by atoms with Gasteiger partial charge in [-0.1, -0.05) is 0 Å². The summed E-state index contributed by atoms with van der Waals surface area (Å²) < 4.78 is 30.8. The summed E-state index contributed by atoms with van der Waals surface area (Å²) in [4.78, 5) is 7.01. The summed E-state index contributed by atoms with van der Waals surface area (Å²) in [5.74, 6) is -1.27. The number of nitrogens with zero attached hydrogens (tertiary/aromatic N) is 2. The lowest BCUT2D eigenvalue weighted by Gasteiger charge is -2.05. The van der Waals surface area contributed by atoms with Crippen LogP contribution in [0.4, 0.5) is 14.7 Å². The molecule has 16 heavy (non-hydrogen) atoms. The van der Waals surface area contributed by atoms with Crippen LogP contribution >= 0.6 is 0 Å². The molecular formula is C10H7F2N3O. The van der Waals surface area contributed by atoms with Crippen LogP contribution in [0.3, 0.4) is 0 Å². The van der Waals surface area contributed by atoms with Gasteiger partial charge in [0.05, 0.1) is 6.20 Å². The van der Waals surface area contributed by atoms with Gasteiger partial charge in [-0.2, -0.15) is 9.37 Å². The lowest BCUT2D eigenvalue weighted by molar-refractivity contribution is 0.420. The normalized spacial score (nSPS) is 10.1. The third kappa shape index (κ3) is 2.22. The van der Waals surface area contributed by atoms with Crippen LogP contribution in [-0.2, 0) is 0 Å². The zero-order valence-electron chi connectivity index (χ0n) is 8.02. The quantitative estimate of drug-likeness (QED) is 0.847. The maximum Gasteiger partial charge on any atom is 0.260 e. The van der Waals surface area contributed by atoms with Gasteiger partial charge in [-0.25, -0.2) is 9.37 Å². The van der Waals surface area contributed by atoms with E-state index >= 15 is 0 Å². The molecule has 82 valence electrons. The maximum atomic E-state index is 13.2. The van der Waals surface area contributed by atoms with Crippen molar-refractivity contribution in [2.75, 3.05) is 5.73 Å². The number of nitrogen functional groups attached to an aromatic ring is 1. The standard InChI is InChI=1S/C10H7F2N3O/c11-6-1-3-7(4-2-6)16-9-8(12)5-14-10(13)15-9/h1-5H,(H2,13,14,15). The second-order valence-corrected chi connectivity index (χ2v) is 2.94. The molecule has 2 aromatic rings. The molecule has 1 aromatic carbocycles. The van der Waals surface area contributed by atoms with Gasteiger partial charge in [0.2, 0.25) is 11.8 Å². The third-order valence-corrected chi connectivity index (χ3v) is 1.76. The average molecular weight is 223 g/mol. The first-order valence-electron chi connectivity index (χ1n) is 4.36. The fourth-order valence-corrected chi connectivity index (χ4v) is 1.05. The minimum absolute atomic E-state index is 0.0986. The van der Waals surface area contributed by atoms with Crippen molar-refractivity contribution in [2.24, 2.45) is 0 Å². The van der Waals surface area contributed by atoms with Crippen LogP contribution in [0.15, 0.2) is 30.5 Å². The first-order chi connectivity index (χ1) is 7.65. The summed E-state index contributed by atoms with van der Waals surface area (Å²) in [6.45, 7) is 0. The highest BCUT2D eigenvalue weighted by atomic mass is 19.1. The molecule has 6 heteroatoms. The first-order valence-corrected chi connectivity index (χ1v) is 4.36. The van der Waals surface area contributed by atoms with E-state index in [4.69, 9.17) is 10.5 Å². The predicted octanol–water partition coefficient (Wildman–Crippen LogP) is 2.13. The van der Waals surface area contributed by atoms with E-state index in [1.54, 1.807) is 0 Å². The topological polar surface area (TPSA) is 61.0 Å². The summed E-state index contributed by atoms with van der Waals surface area (Å²) in [7, 11) is 0. The van der Waals surface area contributed by atoms with Crippen molar-refractivity contribution >= 4 is 5.95 Å². The molecule has 0 saturated carbocycles. The molecule has 0 aliphatic rings. The Kier molecular flexibility index (Phi) is 2.63. The second-order valence-electron chi connectivity index (χ2n) is 2.94.